The van der Waals surface area contributed by atoms with E-state index in [1.165, 1.54) is 12.6 Å². The molecule has 1 aromatic carbocycles. The van der Waals surface area contributed by atoms with Crippen LogP contribution in [0.25, 0.3) is 16.6 Å². The number of hydrogen-bond acceptors (Lipinski definition) is 6. The summed E-state index contributed by atoms with van der Waals surface area (Å²) in [5.41, 5.74) is 9.89. The average Bonchev–Trinajstić information content (AvgIpc) is 3.14. The quantitative estimate of drug-likeness (QED) is 0.482. The van der Waals surface area contributed by atoms with E-state index in [4.69, 9.17) is 15.9 Å². The molecule has 30 heavy (non-hydrogen) atoms. The second-order valence-corrected chi connectivity index (χ2v) is 7.69. The molecular formula is C22H31N7O. The molecule has 2 aromatic rings. The smallest absolute Gasteiger partial charge is 0.118 e. The van der Waals surface area contributed by atoms with Crippen molar-refractivity contribution >= 4 is 34.9 Å². The van der Waals surface area contributed by atoms with Crippen LogP contribution >= 0.6 is 0 Å². The number of aromatic nitrogens is 2. The second kappa shape index (κ2) is 9.77. The van der Waals surface area contributed by atoms with E-state index in [1.54, 1.807) is 7.05 Å². The Balaban J connectivity index is 1.99. The Kier molecular flexibility index (Phi) is 7.12. The number of nitrogens with two attached hydrogens (primary N) is 1. The lowest BCUT2D eigenvalue weighted by Crippen LogP contribution is -2.48. The van der Waals surface area contributed by atoms with Crippen LogP contribution in [0.5, 0.6) is 0 Å². The Labute approximate surface area is 177 Å². The van der Waals surface area contributed by atoms with Gasteiger partial charge in [-0.05, 0) is 44.5 Å². The summed E-state index contributed by atoms with van der Waals surface area (Å²) in [6, 6.07) is 6.17. The van der Waals surface area contributed by atoms with Gasteiger partial charge in [0.1, 0.15) is 5.69 Å². The van der Waals surface area contributed by atoms with Gasteiger partial charge in [0.05, 0.1) is 29.8 Å². The van der Waals surface area contributed by atoms with E-state index in [-0.39, 0.29) is 18.2 Å². The molecule has 1 saturated heterocycles. The summed E-state index contributed by atoms with van der Waals surface area (Å²) >= 11 is 0. The Bertz CT molecular complexity index is 965. The molecule has 0 saturated carbocycles. The number of rotatable bonds is 7. The highest BCUT2D eigenvalue weighted by Gasteiger charge is 2.25. The fourth-order valence-electron chi connectivity index (χ4n) is 3.97. The van der Waals surface area contributed by atoms with Crippen LogP contribution in [-0.2, 0) is 4.74 Å². The minimum absolute atomic E-state index is 0.151. The largest absolute Gasteiger partial charge is 0.390 e. The molecule has 8 nitrogen and oxygen atoms in total. The van der Waals surface area contributed by atoms with E-state index in [0.717, 1.165) is 46.7 Å². The van der Waals surface area contributed by atoms with Crippen LogP contribution < -0.4 is 5.73 Å². The van der Waals surface area contributed by atoms with Crippen LogP contribution in [0.2, 0.25) is 0 Å². The highest BCUT2D eigenvalue weighted by atomic mass is 16.5. The molecule has 1 aromatic heterocycles. The second-order valence-electron chi connectivity index (χ2n) is 7.69. The van der Waals surface area contributed by atoms with E-state index in [2.05, 4.69) is 51.9 Å². The van der Waals surface area contributed by atoms with Crippen molar-refractivity contribution in [1.82, 2.24) is 15.1 Å². The average molecular weight is 410 g/mol. The van der Waals surface area contributed by atoms with Gasteiger partial charge in [0, 0.05) is 49.9 Å². The highest BCUT2D eigenvalue weighted by molar-refractivity contribution is 6.09. The summed E-state index contributed by atoms with van der Waals surface area (Å²) in [5, 5.41) is 16.0. The van der Waals surface area contributed by atoms with Crippen LogP contribution in [0.3, 0.4) is 0 Å². The van der Waals surface area contributed by atoms with Gasteiger partial charge in [-0.15, -0.1) is 0 Å². The number of aromatic amines is 1. The lowest BCUT2D eigenvalue weighted by atomic mass is 10.0. The first kappa shape index (κ1) is 21.9. The number of ether oxygens (including phenoxy) is 1. The number of benzene rings is 1. The maximum atomic E-state index is 7.41. The number of nitrogens with zero attached hydrogens (tertiary/aromatic N) is 4. The maximum Gasteiger partial charge on any atom is 0.118 e. The lowest BCUT2D eigenvalue weighted by molar-refractivity contribution is -0.0735. The fourth-order valence-corrected chi connectivity index (χ4v) is 3.97. The Morgan fingerprint density at radius 3 is 2.77 bits per heavy atom. The third kappa shape index (κ3) is 4.83. The molecule has 1 fully saturated rings. The molecule has 0 aliphatic carbocycles. The van der Waals surface area contributed by atoms with Crippen LogP contribution in [0, 0.1) is 5.41 Å². The molecule has 8 heteroatoms. The molecule has 0 bridgehead atoms. The predicted octanol–water partition coefficient (Wildman–Crippen LogP) is 2.85. The van der Waals surface area contributed by atoms with Crippen LogP contribution in [-0.4, -0.2) is 71.7 Å². The SMILES string of the molecule is CN=C(CC=N)c1ccc2[nH]nc(/C(=C/C(C)N3CC(C)OC(C)C3)N=CN)c2c1. The molecule has 1 aliphatic rings. The molecular weight excluding hydrogens is 378 g/mol. The summed E-state index contributed by atoms with van der Waals surface area (Å²) in [5.74, 6) is 0. The molecule has 3 atom stereocenters. The van der Waals surface area contributed by atoms with E-state index < -0.39 is 0 Å². The van der Waals surface area contributed by atoms with Gasteiger partial charge in [0.15, 0.2) is 0 Å². The number of aliphatic imine (C=N–C) groups is 2. The number of morpholine rings is 1. The summed E-state index contributed by atoms with van der Waals surface area (Å²) in [6.45, 7) is 8.09. The van der Waals surface area contributed by atoms with Gasteiger partial charge < -0.3 is 15.9 Å². The van der Waals surface area contributed by atoms with Gasteiger partial charge in [-0.3, -0.25) is 15.0 Å². The normalized spacial score (nSPS) is 22.7. The number of hydrogen-bond donors (Lipinski definition) is 3. The lowest BCUT2D eigenvalue weighted by Gasteiger charge is -2.38. The van der Waals surface area contributed by atoms with E-state index in [0.29, 0.717) is 6.42 Å². The fraction of sp³-hybridized carbons (Fsp3) is 0.455. The Morgan fingerprint density at radius 1 is 1.40 bits per heavy atom. The van der Waals surface area contributed by atoms with Gasteiger partial charge >= 0.3 is 0 Å². The first-order valence-electron chi connectivity index (χ1n) is 10.3. The Hall–Kier alpha value is -2.84. The minimum Gasteiger partial charge on any atom is -0.390 e. The van der Waals surface area contributed by atoms with Gasteiger partial charge in [-0.1, -0.05) is 6.07 Å². The van der Waals surface area contributed by atoms with E-state index in [1.807, 2.05) is 18.2 Å². The number of nitrogens with one attached hydrogen (secondary N) is 2. The Morgan fingerprint density at radius 2 is 2.13 bits per heavy atom. The number of fused-ring (bicyclic) bond motifs is 1. The van der Waals surface area contributed by atoms with Crippen molar-refractivity contribution in [2.75, 3.05) is 20.1 Å². The van der Waals surface area contributed by atoms with Crippen molar-refractivity contribution in [3.8, 4) is 0 Å². The molecule has 3 rings (SSSR count). The standard InChI is InChI=1S/C22H31N7O/c1-14(29-11-15(2)30-16(3)12-29)9-21(26-13-24)22-18-10-17(19(25-4)7-8-23)5-6-20(18)27-28-22/h5-6,8-10,13-16,23H,7,11-12H2,1-4H3,(H2,24,26)(H,27,28)/b21-9-,23-8?,25-19?. The molecule has 0 amide bonds. The van der Waals surface area contributed by atoms with Crippen molar-refractivity contribution in [2.24, 2.45) is 15.7 Å². The number of H-pyrrole nitrogens is 1. The maximum absolute atomic E-state index is 7.41. The zero-order chi connectivity index (χ0) is 21.7. The summed E-state index contributed by atoms with van der Waals surface area (Å²) in [4.78, 5) is 11.1. The molecule has 1 aliphatic heterocycles. The topological polar surface area (TPSA) is 116 Å². The summed E-state index contributed by atoms with van der Waals surface area (Å²) < 4.78 is 5.86. The zero-order valence-electron chi connectivity index (χ0n) is 18.1. The molecule has 3 unspecified atom stereocenters. The first-order valence-corrected chi connectivity index (χ1v) is 10.3. The third-order valence-electron chi connectivity index (χ3n) is 5.34. The first-order chi connectivity index (χ1) is 14.5. The van der Waals surface area contributed by atoms with Crippen LogP contribution in [0.4, 0.5) is 0 Å². The van der Waals surface area contributed by atoms with Gasteiger partial charge in [-0.2, -0.15) is 5.10 Å². The highest BCUT2D eigenvalue weighted by Crippen LogP contribution is 2.26. The summed E-state index contributed by atoms with van der Waals surface area (Å²) in [6.07, 6.45) is 5.65. The van der Waals surface area contributed by atoms with Crippen molar-refractivity contribution < 1.29 is 4.74 Å². The molecule has 160 valence electrons. The monoisotopic (exact) mass is 409 g/mol. The van der Waals surface area contributed by atoms with Crippen LogP contribution in [0.1, 0.15) is 38.4 Å². The van der Waals surface area contributed by atoms with E-state index in [9.17, 15) is 0 Å². The van der Waals surface area contributed by atoms with Crippen molar-refractivity contribution in [1.29, 1.82) is 5.41 Å². The molecule has 0 radical (unpaired) electrons. The van der Waals surface area contributed by atoms with Crippen molar-refractivity contribution in [3.63, 3.8) is 0 Å². The van der Waals surface area contributed by atoms with Gasteiger partial charge in [0.2, 0.25) is 0 Å². The van der Waals surface area contributed by atoms with Gasteiger partial charge in [-0.25, -0.2) is 4.99 Å². The van der Waals surface area contributed by atoms with Crippen molar-refractivity contribution in [2.45, 2.75) is 45.4 Å². The predicted molar refractivity (Wildman–Crippen MR) is 124 cm³/mol. The third-order valence-corrected chi connectivity index (χ3v) is 5.34. The molecule has 4 N–H and O–H groups in total. The zero-order valence-corrected chi connectivity index (χ0v) is 18.1. The van der Waals surface area contributed by atoms with Crippen LogP contribution in [0.15, 0.2) is 34.3 Å². The van der Waals surface area contributed by atoms with Crippen molar-refractivity contribution in [3.05, 3.63) is 35.5 Å². The minimum atomic E-state index is 0.151. The van der Waals surface area contributed by atoms with E-state index >= 15 is 0 Å². The summed E-state index contributed by atoms with van der Waals surface area (Å²) in [7, 11) is 1.75. The van der Waals surface area contributed by atoms with Gasteiger partial charge in [0.25, 0.3) is 0 Å². The molecule has 2 heterocycles. The molecule has 0 spiro atoms.